The molecule has 0 aliphatic heterocycles. The smallest absolute Gasteiger partial charge is 0.336 e. The number of hydrogen-bond acceptors (Lipinski definition) is 5. The Hall–Kier alpha value is -1.40. The molecule has 16 heavy (non-hydrogen) atoms. The molecule has 0 unspecified atom stereocenters. The first-order chi connectivity index (χ1) is 7.66. The fraction of sp³-hybridized carbons (Fsp3) is 0.100. The van der Waals surface area contributed by atoms with Crippen LogP contribution >= 0.6 is 23.3 Å². The van der Waals surface area contributed by atoms with Crippen LogP contribution in [0.1, 0.15) is 15.9 Å². The summed E-state index contributed by atoms with van der Waals surface area (Å²) in [5.74, 6) is -0.921. The largest absolute Gasteiger partial charge is 0.478 e. The Morgan fingerprint density at radius 1 is 1.50 bits per heavy atom. The first kappa shape index (κ1) is 11.1. The fourth-order valence-corrected chi connectivity index (χ4v) is 2.71. The lowest BCUT2D eigenvalue weighted by atomic mass is 10.1. The highest BCUT2D eigenvalue weighted by Gasteiger charge is 2.12. The van der Waals surface area contributed by atoms with Crippen LogP contribution in [0.5, 0.6) is 0 Å². The van der Waals surface area contributed by atoms with E-state index in [2.05, 4.69) is 9.36 Å². The van der Waals surface area contributed by atoms with Crippen LogP contribution < -0.4 is 0 Å². The number of hydrogen-bond donors (Lipinski definition) is 1. The third kappa shape index (κ3) is 2.40. The zero-order valence-electron chi connectivity index (χ0n) is 8.38. The SMILES string of the molecule is Cc1ccc(Sc2ncns2)c(C(=O)O)c1. The van der Waals surface area contributed by atoms with Gasteiger partial charge in [0.2, 0.25) is 0 Å². The number of rotatable bonds is 3. The van der Waals surface area contributed by atoms with Gasteiger partial charge in [-0.15, -0.1) is 0 Å². The molecule has 0 radical (unpaired) electrons. The Labute approximate surface area is 101 Å². The summed E-state index contributed by atoms with van der Waals surface area (Å²) in [6.07, 6.45) is 1.46. The molecule has 0 saturated carbocycles. The standard InChI is InChI=1S/C10H8N2O2S2/c1-6-2-3-8(7(4-6)9(13)14)15-10-11-5-12-16-10/h2-5H,1H3,(H,13,14). The van der Waals surface area contributed by atoms with Crippen LogP contribution in [0.25, 0.3) is 0 Å². The second-order valence-corrected chi connectivity index (χ2v) is 5.18. The van der Waals surface area contributed by atoms with E-state index in [4.69, 9.17) is 5.11 Å². The normalized spacial score (nSPS) is 10.3. The van der Waals surface area contributed by atoms with Crippen molar-refractivity contribution in [3.8, 4) is 0 Å². The highest BCUT2D eigenvalue weighted by molar-refractivity contribution is 8.01. The maximum Gasteiger partial charge on any atom is 0.336 e. The number of carboxylic acid groups (broad SMARTS) is 1. The molecule has 1 aromatic heterocycles. The number of aryl methyl sites for hydroxylation is 1. The van der Waals surface area contributed by atoms with Crippen molar-refractivity contribution >= 4 is 29.3 Å². The van der Waals surface area contributed by atoms with Crippen LogP contribution in [0.3, 0.4) is 0 Å². The highest BCUT2D eigenvalue weighted by atomic mass is 32.2. The van der Waals surface area contributed by atoms with Crippen molar-refractivity contribution < 1.29 is 9.90 Å². The molecule has 0 aliphatic carbocycles. The van der Waals surface area contributed by atoms with E-state index < -0.39 is 5.97 Å². The Morgan fingerprint density at radius 3 is 2.94 bits per heavy atom. The minimum Gasteiger partial charge on any atom is -0.478 e. The predicted molar refractivity (Wildman–Crippen MR) is 62.2 cm³/mol. The van der Waals surface area contributed by atoms with Crippen LogP contribution in [0, 0.1) is 6.92 Å². The molecule has 0 bridgehead atoms. The van der Waals surface area contributed by atoms with Crippen molar-refractivity contribution in [2.45, 2.75) is 16.2 Å². The Balaban J connectivity index is 2.36. The predicted octanol–water partition coefficient (Wildman–Crippen LogP) is 2.70. The molecule has 2 rings (SSSR count). The van der Waals surface area contributed by atoms with Gasteiger partial charge in [0.25, 0.3) is 0 Å². The third-order valence-corrected chi connectivity index (χ3v) is 3.69. The molecule has 82 valence electrons. The first-order valence-electron chi connectivity index (χ1n) is 4.45. The number of aromatic nitrogens is 2. The van der Waals surface area contributed by atoms with Crippen LogP contribution in [0.15, 0.2) is 33.8 Å². The van der Waals surface area contributed by atoms with Gasteiger partial charge < -0.3 is 5.11 Å². The van der Waals surface area contributed by atoms with E-state index in [1.54, 1.807) is 12.1 Å². The Morgan fingerprint density at radius 2 is 2.31 bits per heavy atom. The van der Waals surface area contributed by atoms with Gasteiger partial charge in [0, 0.05) is 4.90 Å². The van der Waals surface area contributed by atoms with E-state index >= 15 is 0 Å². The van der Waals surface area contributed by atoms with Crippen molar-refractivity contribution in [2.75, 3.05) is 0 Å². The second kappa shape index (κ2) is 4.63. The molecule has 1 heterocycles. The van der Waals surface area contributed by atoms with Crippen molar-refractivity contribution in [1.29, 1.82) is 0 Å². The van der Waals surface area contributed by atoms with E-state index in [0.29, 0.717) is 10.5 Å². The van der Waals surface area contributed by atoms with Gasteiger partial charge in [-0.05, 0) is 30.6 Å². The second-order valence-electron chi connectivity index (χ2n) is 3.11. The van der Waals surface area contributed by atoms with Crippen molar-refractivity contribution in [1.82, 2.24) is 9.36 Å². The first-order valence-corrected chi connectivity index (χ1v) is 6.04. The Bertz CT molecular complexity index is 512. The lowest BCUT2D eigenvalue weighted by Gasteiger charge is -2.04. The number of carbonyl (C=O) groups is 1. The van der Waals surface area contributed by atoms with Gasteiger partial charge in [-0.3, -0.25) is 0 Å². The maximum atomic E-state index is 11.1. The summed E-state index contributed by atoms with van der Waals surface area (Å²) in [5.41, 5.74) is 1.24. The summed E-state index contributed by atoms with van der Waals surface area (Å²) in [4.78, 5) is 15.8. The minimum atomic E-state index is -0.921. The van der Waals surface area contributed by atoms with Gasteiger partial charge in [-0.25, -0.2) is 9.78 Å². The van der Waals surface area contributed by atoms with Gasteiger partial charge >= 0.3 is 5.97 Å². The lowest BCUT2D eigenvalue weighted by molar-refractivity contribution is 0.0693. The maximum absolute atomic E-state index is 11.1. The number of benzene rings is 1. The zero-order valence-corrected chi connectivity index (χ0v) is 10.0. The minimum absolute atomic E-state index is 0.306. The molecule has 1 N–H and O–H groups in total. The monoisotopic (exact) mass is 252 g/mol. The topological polar surface area (TPSA) is 63.1 Å². The molecular weight excluding hydrogens is 244 g/mol. The van der Waals surface area contributed by atoms with Gasteiger partial charge in [-0.1, -0.05) is 23.4 Å². The van der Waals surface area contributed by atoms with E-state index in [1.807, 2.05) is 13.0 Å². The fourth-order valence-electron chi connectivity index (χ4n) is 1.20. The van der Waals surface area contributed by atoms with Crippen LogP contribution in [-0.4, -0.2) is 20.4 Å². The summed E-state index contributed by atoms with van der Waals surface area (Å²) < 4.78 is 4.61. The van der Waals surface area contributed by atoms with Gasteiger partial charge in [0.1, 0.15) is 6.33 Å². The molecule has 0 saturated heterocycles. The molecule has 0 fully saturated rings. The van der Waals surface area contributed by atoms with Crippen molar-refractivity contribution in [2.24, 2.45) is 0 Å². The van der Waals surface area contributed by atoms with Crippen LogP contribution in [-0.2, 0) is 0 Å². The Kier molecular flexibility index (Phi) is 3.21. The molecular formula is C10H8N2O2S2. The average molecular weight is 252 g/mol. The van der Waals surface area contributed by atoms with Crippen LogP contribution in [0.2, 0.25) is 0 Å². The van der Waals surface area contributed by atoms with Gasteiger partial charge in [0.15, 0.2) is 4.34 Å². The van der Waals surface area contributed by atoms with E-state index in [9.17, 15) is 4.79 Å². The quantitative estimate of drug-likeness (QED) is 0.910. The summed E-state index contributed by atoms with van der Waals surface area (Å²) in [5, 5.41) is 9.07. The average Bonchev–Trinajstić information content (AvgIpc) is 2.73. The van der Waals surface area contributed by atoms with E-state index in [-0.39, 0.29) is 0 Å². The molecule has 1 aromatic carbocycles. The molecule has 6 heteroatoms. The van der Waals surface area contributed by atoms with Crippen molar-refractivity contribution in [3.05, 3.63) is 35.7 Å². The molecule has 0 aliphatic rings. The van der Waals surface area contributed by atoms with Crippen molar-refractivity contribution in [3.63, 3.8) is 0 Å². The molecule has 0 spiro atoms. The van der Waals surface area contributed by atoms with E-state index in [0.717, 1.165) is 9.90 Å². The third-order valence-electron chi connectivity index (χ3n) is 1.90. The molecule has 2 aromatic rings. The lowest BCUT2D eigenvalue weighted by Crippen LogP contribution is -1.99. The molecule has 0 atom stereocenters. The summed E-state index contributed by atoms with van der Waals surface area (Å²) >= 11 is 2.57. The van der Waals surface area contributed by atoms with E-state index in [1.165, 1.54) is 29.6 Å². The number of aromatic carboxylic acids is 1. The zero-order chi connectivity index (χ0) is 11.5. The molecule has 0 amide bonds. The van der Waals surface area contributed by atoms with Crippen LogP contribution in [0.4, 0.5) is 0 Å². The molecule has 4 nitrogen and oxygen atoms in total. The summed E-state index contributed by atoms with van der Waals surface area (Å²) in [7, 11) is 0. The van der Waals surface area contributed by atoms with Gasteiger partial charge in [-0.2, -0.15) is 4.37 Å². The number of carboxylic acids is 1. The number of nitrogens with zero attached hydrogens (tertiary/aromatic N) is 2. The summed E-state index contributed by atoms with van der Waals surface area (Å²) in [6.45, 7) is 1.87. The summed E-state index contributed by atoms with van der Waals surface area (Å²) in [6, 6.07) is 5.34. The highest BCUT2D eigenvalue weighted by Crippen LogP contribution is 2.31. The van der Waals surface area contributed by atoms with Gasteiger partial charge in [0.05, 0.1) is 5.56 Å².